The highest BCUT2D eigenvalue weighted by molar-refractivity contribution is 6.02. The minimum Gasteiger partial charge on any atom is -0.491 e. The molecular formula is C25H26N2O2. The number of hydrogen-bond acceptors (Lipinski definition) is 3. The van der Waals surface area contributed by atoms with Gasteiger partial charge in [0, 0.05) is 12.2 Å². The van der Waals surface area contributed by atoms with Crippen LogP contribution in [-0.2, 0) is 12.2 Å². The number of nitrogens with zero attached hydrogens (tertiary/aromatic N) is 1. The van der Waals surface area contributed by atoms with Crippen molar-refractivity contribution in [2.45, 2.75) is 39.1 Å². The molecule has 0 fully saturated rings. The first-order valence-electron chi connectivity index (χ1n) is 9.98. The Morgan fingerprint density at radius 2 is 1.59 bits per heavy atom. The fourth-order valence-corrected chi connectivity index (χ4v) is 3.81. The van der Waals surface area contributed by atoms with Crippen LogP contribution in [0.1, 0.15) is 42.3 Å². The van der Waals surface area contributed by atoms with Crippen molar-refractivity contribution in [3.05, 3.63) is 95.6 Å². The molecule has 1 heterocycles. The second kappa shape index (κ2) is 7.63. The zero-order valence-corrected chi connectivity index (χ0v) is 17.1. The van der Waals surface area contributed by atoms with Gasteiger partial charge in [0.2, 0.25) is 0 Å². The van der Waals surface area contributed by atoms with Gasteiger partial charge in [-0.2, -0.15) is 0 Å². The van der Waals surface area contributed by atoms with Crippen LogP contribution in [0.5, 0.6) is 5.75 Å². The number of rotatable bonds is 5. The monoisotopic (exact) mass is 386 g/mol. The summed E-state index contributed by atoms with van der Waals surface area (Å²) in [7, 11) is 0. The maximum Gasteiger partial charge on any atom is 0.258 e. The topological polar surface area (TPSA) is 41.6 Å². The van der Waals surface area contributed by atoms with E-state index in [4.69, 9.17) is 4.74 Å². The van der Waals surface area contributed by atoms with Crippen LogP contribution in [-0.4, -0.2) is 16.9 Å². The van der Waals surface area contributed by atoms with Crippen molar-refractivity contribution >= 4 is 11.6 Å². The summed E-state index contributed by atoms with van der Waals surface area (Å²) in [6.07, 6.45) is 0.118. The molecule has 0 radical (unpaired) electrons. The molecule has 1 amide bonds. The van der Waals surface area contributed by atoms with Gasteiger partial charge >= 0.3 is 0 Å². The Hall–Kier alpha value is -3.27. The number of nitrogens with one attached hydrogen (secondary N) is 1. The third-order valence-electron chi connectivity index (χ3n) is 5.29. The molecule has 0 saturated carbocycles. The lowest BCUT2D eigenvalue weighted by Crippen LogP contribution is -2.55. The number of para-hydroxylation sites is 1. The Balaban J connectivity index is 1.76. The smallest absolute Gasteiger partial charge is 0.258 e. The predicted molar refractivity (Wildman–Crippen MR) is 116 cm³/mol. The molecule has 0 spiro atoms. The maximum absolute atomic E-state index is 13.5. The van der Waals surface area contributed by atoms with Crippen molar-refractivity contribution in [1.29, 1.82) is 0 Å². The number of ether oxygens (including phenoxy) is 1. The molecule has 1 aliphatic heterocycles. The molecule has 1 N–H and O–H groups in total. The van der Waals surface area contributed by atoms with E-state index in [0.29, 0.717) is 12.1 Å². The molecule has 3 aromatic carbocycles. The SMILES string of the molecule is CC(C)Oc1ccc(C2(C)Nc3ccccc3C(=O)N2Cc2ccccc2)cc1. The van der Waals surface area contributed by atoms with Crippen molar-refractivity contribution in [3.8, 4) is 5.75 Å². The number of hydrogen-bond donors (Lipinski definition) is 1. The quantitative estimate of drug-likeness (QED) is 0.637. The molecule has 0 saturated heterocycles. The van der Waals surface area contributed by atoms with E-state index in [1.54, 1.807) is 0 Å². The van der Waals surface area contributed by atoms with Gasteiger partial charge in [0.25, 0.3) is 5.91 Å². The van der Waals surface area contributed by atoms with E-state index in [0.717, 1.165) is 22.6 Å². The normalized spacial score (nSPS) is 18.3. The van der Waals surface area contributed by atoms with E-state index in [-0.39, 0.29) is 12.0 Å². The van der Waals surface area contributed by atoms with Crippen molar-refractivity contribution in [1.82, 2.24) is 4.90 Å². The van der Waals surface area contributed by atoms with Gasteiger partial charge < -0.3 is 15.0 Å². The molecule has 4 rings (SSSR count). The summed E-state index contributed by atoms with van der Waals surface area (Å²) in [6.45, 7) is 6.59. The Morgan fingerprint density at radius 1 is 0.931 bits per heavy atom. The Labute approximate surface area is 172 Å². The van der Waals surface area contributed by atoms with Gasteiger partial charge in [0.1, 0.15) is 11.4 Å². The van der Waals surface area contributed by atoms with Crippen molar-refractivity contribution in [3.63, 3.8) is 0 Å². The summed E-state index contributed by atoms with van der Waals surface area (Å²) < 4.78 is 5.79. The highest BCUT2D eigenvalue weighted by Crippen LogP contribution is 2.39. The second-order valence-electron chi connectivity index (χ2n) is 7.81. The highest BCUT2D eigenvalue weighted by atomic mass is 16.5. The van der Waals surface area contributed by atoms with Crippen LogP contribution in [0.2, 0.25) is 0 Å². The molecule has 148 valence electrons. The van der Waals surface area contributed by atoms with Gasteiger partial charge in [-0.05, 0) is 56.2 Å². The molecule has 0 aromatic heterocycles. The molecule has 29 heavy (non-hydrogen) atoms. The van der Waals surface area contributed by atoms with Gasteiger partial charge in [-0.25, -0.2) is 0 Å². The fraction of sp³-hybridized carbons (Fsp3) is 0.240. The van der Waals surface area contributed by atoms with Crippen molar-refractivity contribution < 1.29 is 9.53 Å². The number of benzene rings is 3. The van der Waals surface area contributed by atoms with Gasteiger partial charge in [-0.1, -0.05) is 54.6 Å². The number of carbonyl (C=O) groups is 1. The van der Waals surface area contributed by atoms with E-state index in [1.165, 1.54) is 0 Å². The molecule has 4 nitrogen and oxygen atoms in total. The van der Waals surface area contributed by atoms with Crippen LogP contribution in [0.15, 0.2) is 78.9 Å². The summed E-state index contributed by atoms with van der Waals surface area (Å²) in [5.74, 6) is 0.845. The first-order valence-corrected chi connectivity index (χ1v) is 9.98. The van der Waals surface area contributed by atoms with Crippen LogP contribution in [0.4, 0.5) is 5.69 Å². The number of anilines is 1. The van der Waals surface area contributed by atoms with E-state index < -0.39 is 5.66 Å². The minimum atomic E-state index is -0.683. The number of carbonyl (C=O) groups excluding carboxylic acids is 1. The number of amides is 1. The van der Waals surface area contributed by atoms with Gasteiger partial charge in [-0.3, -0.25) is 4.79 Å². The molecule has 0 bridgehead atoms. The lowest BCUT2D eigenvalue weighted by atomic mass is 9.93. The largest absolute Gasteiger partial charge is 0.491 e. The van der Waals surface area contributed by atoms with E-state index >= 15 is 0 Å². The lowest BCUT2D eigenvalue weighted by Gasteiger charge is -2.47. The average molecular weight is 386 g/mol. The standard InChI is InChI=1S/C25H26N2O2/c1-18(2)29-21-15-13-20(14-16-21)25(3)26-23-12-8-7-11-22(23)24(28)27(25)17-19-9-5-4-6-10-19/h4-16,18,26H,17H2,1-3H3. The molecular weight excluding hydrogens is 360 g/mol. The van der Waals surface area contributed by atoms with Crippen LogP contribution in [0, 0.1) is 0 Å². The Morgan fingerprint density at radius 3 is 2.28 bits per heavy atom. The average Bonchev–Trinajstić information content (AvgIpc) is 2.72. The number of fused-ring (bicyclic) bond motifs is 1. The highest BCUT2D eigenvalue weighted by Gasteiger charge is 2.42. The molecule has 1 unspecified atom stereocenters. The summed E-state index contributed by atoms with van der Waals surface area (Å²) >= 11 is 0. The van der Waals surface area contributed by atoms with Crippen LogP contribution < -0.4 is 10.1 Å². The van der Waals surface area contributed by atoms with Gasteiger partial charge in [-0.15, -0.1) is 0 Å². The Kier molecular flexibility index (Phi) is 5.01. The zero-order valence-electron chi connectivity index (χ0n) is 17.1. The van der Waals surface area contributed by atoms with E-state index in [9.17, 15) is 4.79 Å². The van der Waals surface area contributed by atoms with Crippen LogP contribution >= 0.6 is 0 Å². The third kappa shape index (κ3) is 3.70. The summed E-state index contributed by atoms with van der Waals surface area (Å²) in [5.41, 5.74) is 2.96. The molecule has 4 heteroatoms. The van der Waals surface area contributed by atoms with E-state index in [2.05, 4.69) is 12.2 Å². The lowest BCUT2D eigenvalue weighted by molar-refractivity contribution is 0.0509. The van der Waals surface area contributed by atoms with E-state index in [1.807, 2.05) is 97.6 Å². The Bertz CT molecular complexity index is 999. The minimum absolute atomic E-state index is 0.0215. The summed E-state index contributed by atoms with van der Waals surface area (Å²) in [6, 6.07) is 25.8. The first-order chi connectivity index (χ1) is 14.0. The van der Waals surface area contributed by atoms with Crippen molar-refractivity contribution in [2.24, 2.45) is 0 Å². The molecule has 1 atom stereocenters. The van der Waals surface area contributed by atoms with Gasteiger partial charge in [0.05, 0.1) is 11.7 Å². The zero-order chi connectivity index (χ0) is 20.4. The maximum atomic E-state index is 13.5. The molecule has 0 aliphatic carbocycles. The molecule has 3 aromatic rings. The van der Waals surface area contributed by atoms with Crippen molar-refractivity contribution in [2.75, 3.05) is 5.32 Å². The third-order valence-corrected chi connectivity index (χ3v) is 5.29. The predicted octanol–water partition coefficient (Wildman–Crippen LogP) is 5.41. The molecule has 1 aliphatic rings. The van der Waals surface area contributed by atoms with Crippen LogP contribution in [0.25, 0.3) is 0 Å². The van der Waals surface area contributed by atoms with Crippen LogP contribution in [0.3, 0.4) is 0 Å². The first kappa shape index (κ1) is 19.1. The summed E-state index contributed by atoms with van der Waals surface area (Å²) in [4.78, 5) is 15.4. The van der Waals surface area contributed by atoms with Gasteiger partial charge in [0.15, 0.2) is 0 Å². The summed E-state index contributed by atoms with van der Waals surface area (Å²) in [5, 5.41) is 3.61. The fourth-order valence-electron chi connectivity index (χ4n) is 3.81. The second-order valence-corrected chi connectivity index (χ2v) is 7.81.